The van der Waals surface area contributed by atoms with Crippen molar-refractivity contribution in [2.24, 2.45) is 0 Å². The van der Waals surface area contributed by atoms with E-state index in [1.165, 1.54) is 6.20 Å². The molecule has 0 amide bonds. The van der Waals surface area contributed by atoms with Crippen molar-refractivity contribution in [2.45, 2.75) is 13.5 Å². The smallest absolute Gasteiger partial charge is 0.416 e. The molecule has 0 fully saturated rings. The van der Waals surface area contributed by atoms with Crippen LogP contribution < -0.4 is 0 Å². The first-order valence-corrected chi connectivity index (χ1v) is 4.44. The lowest BCUT2D eigenvalue weighted by atomic mass is 10.2. The molecule has 78 valence electrons. The molecule has 0 bridgehead atoms. The molecule has 0 radical (unpaired) electrons. The molecule has 2 aromatic rings. The molecule has 0 saturated carbocycles. The molecule has 0 aliphatic rings. The molecule has 0 unspecified atom stereocenters. The van der Waals surface area contributed by atoms with Crippen LogP contribution in [0.25, 0.3) is 11.0 Å². The van der Waals surface area contributed by atoms with Crippen LogP contribution in [0.15, 0.2) is 18.3 Å². The number of carboxylic acid groups (broad SMARTS) is 1. The number of carbonyl (C=O) groups is 1. The molecule has 0 aliphatic heterocycles. The third-order valence-corrected chi connectivity index (χ3v) is 2.27. The Hall–Kier alpha value is -1.88. The Morgan fingerprint density at radius 1 is 1.53 bits per heavy atom. The van der Waals surface area contributed by atoms with Crippen LogP contribution in [0.1, 0.15) is 11.3 Å². The molecule has 5 nitrogen and oxygen atoms in total. The monoisotopic (exact) mass is 206 g/mol. The fraction of sp³-hybridized carbons (Fsp3) is 0.200. The van der Waals surface area contributed by atoms with E-state index in [1.54, 1.807) is 19.1 Å². The molecular formula is C10H10N2O3. The number of hydrogen-bond donors (Lipinski definition) is 2. The fourth-order valence-electron chi connectivity index (χ4n) is 1.59. The minimum Gasteiger partial charge on any atom is -0.464 e. The van der Waals surface area contributed by atoms with Crippen LogP contribution in [0, 0.1) is 6.92 Å². The number of aryl methyl sites for hydroxylation is 1. The summed E-state index contributed by atoms with van der Waals surface area (Å²) >= 11 is 0. The Morgan fingerprint density at radius 3 is 2.87 bits per heavy atom. The molecule has 2 rings (SSSR count). The van der Waals surface area contributed by atoms with Gasteiger partial charge in [0.1, 0.15) is 0 Å². The van der Waals surface area contributed by atoms with Crippen molar-refractivity contribution >= 4 is 17.1 Å². The van der Waals surface area contributed by atoms with Gasteiger partial charge in [-0.3, -0.25) is 4.98 Å². The Morgan fingerprint density at radius 2 is 2.27 bits per heavy atom. The lowest BCUT2D eigenvalue weighted by Gasteiger charge is -2.01. The SMILES string of the molecule is Cc1cc2ncc(CO)cc2n1C(=O)O. The van der Waals surface area contributed by atoms with Gasteiger partial charge in [0.15, 0.2) is 0 Å². The van der Waals surface area contributed by atoms with E-state index < -0.39 is 6.09 Å². The minimum absolute atomic E-state index is 0.146. The van der Waals surface area contributed by atoms with Crippen molar-refractivity contribution in [2.75, 3.05) is 0 Å². The summed E-state index contributed by atoms with van der Waals surface area (Å²) in [6.07, 6.45) is 0.493. The van der Waals surface area contributed by atoms with Crippen LogP contribution in [0.2, 0.25) is 0 Å². The Balaban J connectivity index is 2.77. The molecule has 0 atom stereocenters. The van der Waals surface area contributed by atoms with Gasteiger partial charge in [-0.2, -0.15) is 0 Å². The second-order valence-corrected chi connectivity index (χ2v) is 3.31. The number of aliphatic hydroxyl groups is 1. The normalized spacial score (nSPS) is 10.8. The highest BCUT2D eigenvalue weighted by Crippen LogP contribution is 2.18. The van der Waals surface area contributed by atoms with Gasteiger partial charge in [-0.1, -0.05) is 0 Å². The van der Waals surface area contributed by atoms with Crippen LogP contribution in [-0.2, 0) is 6.61 Å². The molecule has 0 saturated heterocycles. The van der Waals surface area contributed by atoms with E-state index >= 15 is 0 Å². The van der Waals surface area contributed by atoms with Gasteiger partial charge in [-0.25, -0.2) is 9.36 Å². The molecule has 2 heterocycles. The highest BCUT2D eigenvalue weighted by Gasteiger charge is 2.12. The van der Waals surface area contributed by atoms with Gasteiger partial charge in [0.2, 0.25) is 0 Å². The highest BCUT2D eigenvalue weighted by molar-refractivity contribution is 5.88. The van der Waals surface area contributed by atoms with Gasteiger partial charge < -0.3 is 10.2 Å². The fourth-order valence-corrected chi connectivity index (χ4v) is 1.59. The molecular weight excluding hydrogens is 196 g/mol. The lowest BCUT2D eigenvalue weighted by Crippen LogP contribution is -2.09. The van der Waals surface area contributed by atoms with E-state index in [0.29, 0.717) is 22.3 Å². The maximum absolute atomic E-state index is 11.0. The molecule has 2 N–H and O–H groups in total. The summed E-state index contributed by atoms with van der Waals surface area (Å²) in [4.78, 5) is 15.0. The maximum atomic E-state index is 11.0. The van der Waals surface area contributed by atoms with Crippen molar-refractivity contribution in [3.63, 3.8) is 0 Å². The van der Waals surface area contributed by atoms with Crippen LogP contribution in [0.4, 0.5) is 4.79 Å². The van der Waals surface area contributed by atoms with E-state index in [-0.39, 0.29) is 6.61 Å². The van der Waals surface area contributed by atoms with Crippen molar-refractivity contribution < 1.29 is 15.0 Å². The first kappa shape index (κ1) is 9.67. The summed E-state index contributed by atoms with van der Waals surface area (Å²) in [7, 11) is 0. The second-order valence-electron chi connectivity index (χ2n) is 3.31. The molecule has 15 heavy (non-hydrogen) atoms. The number of aromatic nitrogens is 2. The summed E-state index contributed by atoms with van der Waals surface area (Å²) in [6.45, 7) is 1.56. The zero-order valence-corrected chi connectivity index (χ0v) is 8.14. The molecule has 5 heteroatoms. The zero-order valence-electron chi connectivity index (χ0n) is 8.14. The first-order chi connectivity index (χ1) is 7.13. The Bertz CT molecular complexity index is 531. The zero-order chi connectivity index (χ0) is 11.0. The van der Waals surface area contributed by atoms with Crippen molar-refractivity contribution in [3.8, 4) is 0 Å². The molecule has 0 aromatic carbocycles. The molecule has 2 aromatic heterocycles. The van der Waals surface area contributed by atoms with Crippen LogP contribution in [0.3, 0.4) is 0 Å². The van der Waals surface area contributed by atoms with Crippen LogP contribution in [0.5, 0.6) is 0 Å². The quantitative estimate of drug-likeness (QED) is 0.738. The Labute approximate surface area is 85.6 Å². The Kier molecular flexibility index (Phi) is 2.17. The number of fused-ring (bicyclic) bond motifs is 1. The second kappa shape index (κ2) is 3.36. The number of hydrogen-bond acceptors (Lipinski definition) is 3. The van der Waals surface area contributed by atoms with Crippen molar-refractivity contribution in [1.29, 1.82) is 0 Å². The standard InChI is InChI=1S/C10H10N2O3/c1-6-2-8-9(12(6)10(14)15)3-7(5-13)4-11-8/h2-4,13H,5H2,1H3,(H,14,15). The summed E-state index contributed by atoms with van der Waals surface area (Å²) in [6, 6.07) is 3.33. The average molecular weight is 206 g/mol. The van der Waals surface area contributed by atoms with E-state index in [0.717, 1.165) is 4.57 Å². The van der Waals surface area contributed by atoms with Crippen LogP contribution >= 0.6 is 0 Å². The predicted octanol–water partition coefficient (Wildman–Crippen LogP) is 1.36. The number of nitrogens with zero attached hydrogens (tertiary/aromatic N) is 2. The number of rotatable bonds is 1. The van der Waals surface area contributed by atoms with Crippen LogP contribution in [-0.4, -0.2) is 25.9 Å². The molecule has 0 spiro atoms. The maximum Gasteiger partial charge on any atom is 0.416 e. The third kappa shape index (κ3) is 1.46. The topological polar surface area (TPSA) is 75.4 Å². The van der Waals surface area contributed by atoms with E-state index in [1.807, 2.05) is 0 Å². The van der Waals surface area contributed by atoms with Gasteiger partial charge in [-0.15, -0.1) is 0 Å². The number of aliphatic hydroxyl groups excluding tert-OH is 1. The summed E-state index contributed by atoms with van der Waals surface area (Å²) in [5, 5.41) is 17.9. The van der Waals surface area contributed by atoms with Gasteiger partial charge in [0.25, 0.3) is 0 Å². The lowest BCUT2D eigenvalue weighted by molar-refractivity contribution is 0.197. The summed E-state index contributed by atoms with van der Waals surface area (Å²) in [5.41, 5.74) is 2.34. The molecule has 0 aliphatic carbocycles. The van der Waals surface area contributed by atoms with Crippen molar-refractivity contribution in [3.05, 3.63) is 29.6 Å². The number of pyridine rings is 1. The third-order valence-electron chi connectivity index (χ3n) is 2.27. The van der Waals surface area contributed by atoms with Gasteiger partial charge in [0, 0.05) is 11.9 Å². The van der Waals surface area contributed by atoms with E-state index in [9.17, 15) is 4.79 Å². The van der Waals surface area contributed by atoms with Gasteiger partial charge >= 0.3 is 6.09 Å². The highest BCUT2D eigenvalue weighted by atomic mass is 16.4. The average Bonchev–Trinajstić information content (AvgIpc) is 2.52. The minimum atomic E-state index is -1.04. The van der Waals surface area contributed by atoms with Gasteiger partial charge in [0.05, 0.1) is 17.6 Å². The predicted molar refractivity (Wildman–Crippen MR) is 53.8 cm³/mol. The van der Waals surface area contributed by atoms with Crippen molar-refractivity contribution in [1.82, 2.24) is 9.55 Å². The van der Waals surface area contributed by atoms with E-state index in [4.69, 9.17) is 10.2 Å². The largest absolute Gasteiger partial charge is 0.464 e. The first-order valence-electron chi connectivity index (χ1n) is 4.44. The summed E-state index contributed by atoms with van der Waals surface area (Å²) < 4.78 is 1.15. The van der Waals surface area contributed by atoms with E-state index in [2.05, 4.69) is 4.98 Å². The summed E-state index contributed by atoms with van der Waals surface area (Å²) in [5.74, 6) is 0. The van der Waals surface area contributed by atoms with Gasteiger partial charge in [-0.05, 0) is 24.6 Å².